The lowest BCUT2D eigenvalue weighted by molar-refractivity contribution is 0.0523. The Hall–Kier alpha value is -1.05. The number of hydrogen-bond donors (Lipinski definition) is 3. The van der Waals surface area contributed by atoms with Gasteiger partial charge in [-0.25, -0.2) is 0 Å². The van der Waals surface area contributed by atoms with Crippen LogP contribution >= 0.6 is 11.6 Å². The van der Waals surface area contributed by atoms with E-state index < -0.39 is 6.10 Å². The molecule has 7 heteroatoms. The molecule has 1 atom stereocenters. The standard InChI is InChI=1S/C14H22ClNO5/c1-19-4-3-16-7-10-5-11(15)6-13(20-2)14(10)21-9-12(18)8-17/h5-6,12,16-18H,3-4,7-9H2,1-2H3. The van der Waals surface area contributed by atoms with Gasteiger partial charge in [0.15, 0.2) is 11.5 Å². The van der Waals surface area contributed by atoms with Crippen molar-refractivity contribution >= 4 is 11.6 Å². The summed E-state index contributed by atoms with van der Waals surface area (Å²) in [5.74, 6) is 0.982. The maximum Gasteiger partial charge on any atom is 0.165 e. The number of methoxy groups -OCH3 is 2. The van der Waals surface area contributed by atoms with E-state index in [2.05, 4.69) is 5.32 Å². The Morgan fingerprint density at radius 3 is 2.71 bits per heavy atom. The average Bonchev–Trinajstić information content (AvgIpc) is 2.49. The smallest absolute Gasteiger partial charge is 0.165 e. The molecule has 0 aliphatic heterocycles. The molecule has 0 saturated heterocycles. The molecule has 0 saturated carbocycles. The first-order chi connectivity index (χ1) is 10.1. The van der Waals surface area contributed by atoms with Gasteiger partial charge in [-0.15, -0.1) is 0 Å². The summed E-state index contributed by atoms with van der Waals surface area (Å²) in [6, 6.07) is 3.41. The van der Waals surface area contributed by atoms with Crippen LogP contribution in [0.4, 0.5) is 0 Å². The van der Waals surface area contributed by atoms with E-state index in [1.165, 1.54) is 7.11 Å². The molecule has 0 aromatic heterocycles. The van der Waals surface area contributed by atoms with E-state index in [9.17, 15) is 5.11 Å². The summed E-state index contributed by atoms with van der Waals surface area (Å²) in [6.45, 7) is 1.41. The Labute approximate surface area is 129 Å². The summed E-state index contributed by atoms with van der Waals surface area (Å²) in [4.78, 5) is 0. The lowest BCUT2D eigenvalue weighted by atomic mass is 10.1. The van der Waals surface area contributed by atoms with Gasteiger partial charge in [0.2, 0.25) is 0 Å². The van der Waals surface area contributed by atoms with Gasteiger partial charge >= 0.3 is 0 Å². The van der Waals surface area contributed by atoms with Crippen molar-refractivity contribution in [3.05, 3.63) is 22.7 Å². The minimum Gasteiger partial charge on any atom is -0.493 e. The summed E-state index contributed by atoms with van der Waals surface area (Å²) >= 11 is 6.05. The lowest BCUT2D eigenvalue weighted by Gasteiger charge is -2.17. The molecule has 0 spiro atoms. The van der Waals surface area contributed by atoms with Crippen LogP contribution in [0.3, 0.4) is 0 Å². The van der Waals surface area contributed by atoms with Gasteiger partial charge in [0.05, 0.1) is 20.3 Å². The number of aliphatic hydroxyl groups is 2. The predicted molar refractivity (Wildman–Crippen MR) is 80.2 cm³/mol. The Kier molecular flexibility index (Phi) is 8.41. The molecule has 1 aromatic rings. The fraction of sp³-hybridized carbons (Fsp3) is 0.571. The Bertz CT molecular complexity index is 430. The fourth-order valence-electron chi connectivity index (χ4n) is 1.70. The monoisotopic (exact) mass is 319 g/mol. The highest BCUT2D eigenvalue weighted by atomic mass is 35.5. The first kappa shape index (κ1) is 18.0. The van der Waals surface area contributed by atoms with Gasteiger partial charge in [-0.2, -0.15) is 0 Å². The van der Waals surface area contributed by atoms with Crippen molar-refractivity contribution < 1.29 is 24.4 Å². The number of benzene rings is 1. The molecule has 3 N–H and O–H groups in total. The third-order valence-corrected chi connectivity index (χ3v) is 2.96. The molecule has 0 aliphatic carbocycles. The predicted octanol–water partition coefficient (Wildman–Crippen LogP) is 0.817. The zero-order valence-electron chi connectivity index (χ0n) is 12.3. The molecular weight excluding hydrogens is 298 g/mol. The van der Waals surface area contributed by atoms with E-state index in [1.807, 2.05) is 0 Å². The summed E-state index contributed by atoms with van der Waals surface area (Å²) in [5.41, 5.74) is 0.806. The van der Waals surface area contributed by atoms with Crippen LogP contribution in [0.25, 0.3) is 0 Å². The first-order valence-corrected chi connectivity index (χ1v) is 6.98. The maximum atomic E-state index is 9.40. The van der Waals surface area contributed by atoms with Crippen molar-refractivity contribution in [1.82, 2.24) is 5.32 Å². The molecule has 0 radical (unpaired) electrons. The molecule has 0 amide bonds. The number of ether oxygens (including phenoxy) is 3. The fourth-order valence-corrected chi connectivity index (χ4v) is 1.93. The zero-order chi connectivity index (χ0) is 15.7. The minimum absolute atomic E-state index is 0.0282. The van der Waals surface area contributed by atoms with Crippen LogP contribution in [0.15, 0.2) is 12.1 Å². The van der Waals surface area contributed by atoms with E-state index in [0.29, 0.717) is 36.2 Å². The van der Waals surface area contributed by atoms with Gasteiger partial charge in [-0.1, -0.05) is 11.6 Å². The zero-order valence-corrected chi connectivity index (χ0v) is 13.0. The van der Waals surface area contributed by atoms with Crippen LogP contribution in [0.1, 0.15) is 5.56 Å². The highest BCUT2D eigenvalue weighted by Gasteiger charge is 2.14. The number of hydrogen-bond acceptors (Lipinski definition) is 6. The number of halogens is 1. The van der Waals surface area contributed by atoms with E-state index in [1.54, 1.807) is 19.2 Å². The SMILES string of the molecule is COCCNCc1cc(Cl)cc(OC)c1OCC(O)CO. The topological polar surface area (TPSA) is 80.2 Å². The Morgan fingerprint density at radius 2 is 2.10 bits per heavy atom. The van der Waals surface area contributed by atoms with Gasteiger partial charge in [-0.05, 0) is 6.07 Å². The van der Waals surface area contributed by atoms with Crippen LogP contribution in [-0.4, -0.2) is 56.9 Å². The third-order valence-electron chi connectivity index (χ3n) is 2.75. The summed E-state index contributed by atoms with van der Waals surface area (Å²) in [7, 11) is 3.15. The molecule has 1 rings (SSSR count). The van der Waals surface area contributed by atoms with Crippen molar-refractivity contribution in [3.63, 3.8) is 0 Å². The number of aliphatic hydroxyl groups excluding tert-OH is 2. The molecule has 120 valence electrons. The number of rotatable bonds is 10. The molecule has 0 bridgehead atoms. The highest BCUT2D eigenvalue weighted by molar-refractivity contribution is 6.30. The van der Waals surface area contributed by atoms with Crippen molar-refractivity contribution in [3.8, 4) is 11.5 Å². The molecule has 0 heterocycles. The van der Waals surface area contributed by atoms with Gasteiger partial charge in [0.25, 0.3) is 0 Å². The van der Waals surface area contributed by atoms with Crippen LogP contribution in [0.5, 0.6) is 11.5 Å². The van der Waals surface area contributed by atoms with Gasteiger partial charge < -0.3 is 29.7 Å². The summed E-state index contributed by atoms with van der Waals surface area (Å²) in [5, 5.41) is 22.0. The van der Waals surface area contributed by atoms with Crippen LogP contribution in [-0.2, 0) is 11.3 Å². The summed E-state index contributed by atoms with van der Waals surface area (Å²) < 4.78 is 15.8. The van der Waals surface area contributed by atoms with Crippen LogP contribution in [0.2, 0.25) is 5.02 Å². The van der Waals surface area contributed by atoms with Crippen LogP contribution < -0.4 is 14.8 Å². The van der Waals surface area contributed by atoms with Gasteiger partial charge in [0, 0.05) is 36.9 Å². The van der Waals surface area contributed by atoms with E-state index in [0.717, 1.165) is 5.56 Å². The second-order valence-corrected chi connectivity index (χ2v) is 4.85. The van der Waals surface area contributed by atoms with Crippen LogP contribution in [0, 0.1) is 0 Å². The van der Waals surface area contributed by atoms with E-state index >= 15 is 0 Å². The van der Waals surface area contributed by atoms with E-state index in [4.69, 9.17) is 30.9 Å². The molecule has 6 nitrogen and oxygen atoms in total. The third kappa shape index (κ3) is 6.07. The normalized spacial score (nSPS) is 12.2. The number of nitrogens with one attached hydrogen (secondary N) is 1. The summed E-state index contributed by atoms with van der Waals surface area (Å²) in [6.07, 6.45) is -0.945. The van der Waals surface area contributed by atoms with Gasteiger partial charge in [-0.3, -0.25) is 0 Å². The van der Waals surface area contributed by atoms with E-state index in [-0.39, 0.29) is 13.2 Å². The van der Waals surface area contributed by atoms with Crippen molar-refractivity contribution in [2.24, 2.45) is 0 Å². The Morgan fingerprint density at radius 1 is 1.33 bits per heavy atom. The second-order valence-electron chi connectivity index (χ2n) is 4.41. The minimum atomic E-state index is -0.945. The lowest BCUT2D eigenvalue weighted by Crippen LogP contribution is -2.23. The largest absolute Gasteiger partial charge is 0.493 e. The van der Waals surface area contributed by atoms with Crippen molar-refractivity contribution in [1.29, 1.82) is 0 Å². The quantitative estimate of drug-likeness (QED) is 0.554. The van der Waals surface area contributed by atoms with Crippen molar-refractivity contribution in [2.45, 2.75) is 12.6 Å². The Balaban J connectivity index is 2.83. The molecule has 1 aromatic carbocycles. The maximum absolute atomic E-state index is 9.40. The average molecular weight is 320 g/mol. The molecule has 21 heavy (non-hydrogen) atoms. The molecule has 0 fully saturated rings. The second kappa shape index (κ2) is 9.81. The molecule has 0 aliphatic rings. The van der Waals surface area contributed by atoms with Gasteiger partial charge in [0.1, 0.15) is 12.7 Å². The molecule has 1 unspecified atom stereocenters. The first-order valence-electron chi connectivity index (χ1n) is 6.60. The molecular formula is C14H22ClNO5. The highest BCUT2D eigenvalue weighted by Crippen LogP contribution is 2.34. The van der Waals surface area contributed by atoms with Crippen molar-refractivity contribution in [2.75, 3.05) is 40.6 Å².